The van der Waals surface area contributed by atoms with E-state index in [2.05, 4.69) is 4.74 Å². The van der Waals surface area contributed by atoms with E-state index in [1.54, 1.807) is 12.1 Å². The minimum absolute atomic E-state index is 0.315. The van der Waals surface area contributed by atoms with E-state index in [0.717, 1.165) is 12.7 Å². The van der Waals surface area contributed by atoms with E-state index < -0.39 is 11.9 Å². The number of ether oxygens (including phenoxy) is 1. The van der Waals surface area contributed by atoms with E-state index in [0.29, 0.717) is 13.0 Å². The van der Waals surface area contributed by atoms with Crippen molar-refractivity contribution in [2.75, 3.05) is 20.7 Å². The predicted octanol–water partition coefficient (Wildman–Crippen LogP) is 1.000. The van der Waals surface area contributed by atoms with E-state index in [1.807, 2.05) is 0 Å². The highest BCUT2D eigenvalue weighted by Crippen LogP contribution is 2.05. The Kier molecular flexibility index (Phi) is 4.63. The Bertz CT molecular complexity index is 420. The van der Waals surface area contributed by atoms with Crippen LogP contribution in [0.25, 0.3) is 0 Å². The average molecular weight is 239 g/mol. The Morgan fingerprint density at radius 1 is 1.41 bits per heavy atom. The highest BCUT2D eigenvalue weighted by atomic mass is 19.1. The molecule has 0 radical (unpaired) electrons. The van der Waals surface area contributed by atoms with Crippen molar-refractivity contribution in [2.24, 2.45) is 0 Å². The fourth-order valence-electron chi connectivity index (χ4n) is 1.33. The van der Waals surface area contributed by atoms with Crippen LogP contribution in [-0.2, 0) is 20.7 Å². The molecular weight excluding hydrogens is 225 g/mol. The van der Waals surface area contributed by atoms with Crippen molar-refractivity contribution in [3.8, 4) is 0 Å². The minimum Gasteiger partial charge on any atom is -0.462 e. The SMILES string of the molecule is COC(=O)C(=O)N(C)CCc1cccc(F)c1. The van der Waals surface area contributed by atoms with E-state index in [1.165, 1.54) is 24.1 Å². The minimum atomic E-state index is -0.897. The predicted molar refractivity (Wildman–Crippen MR) is 59.8 cm³/mol. The maximum Gasteiger partial charge on any atom is 0.396 e. The molecule has 0 spiro atoms. The smallest absolute Gasteiger partial charge is 0.396 e. The van der Waals surface area contributed by atoms with Gasteiger partial charge in [0.1, 0.15) is 5.82 Å². The molecule has 0 aliphatic rings. The average Bonchev–Trinajstić information content (AvgIpc) is 2.34. The van der Waals surface area contributed by atoms with Crippen LogP contribution >= 0.6 is 0 Å². The fourth-order valence-corrected chi connectivity index (χ4v) is 1.33. The van der Waals surface area contributed by atoms with Gasteiger partial charge in [0.15, 0.2) is 0 Å². The van der Waals surface area contributed by atoms with Gasteiger partial charge in [0.2, 0.25) is 0 Å². The normalized spacial score (nSPS) is 9.82. The standard InChI is InChI=1S/C12H14FNO3/c1-14(11(15)12(16)17-2)7-6-9-4-3-5-10(13)8-9/h3-5,8H,6-7H2,1-2H3. The molecule has 0 N–H and O–H groups in total. The van der Waals surface area contributed by atoms with Crippen molar-refractivity contribution in [3.63, 3.8) is 0 Å². The Morgan fingerprint density at radius 3 is 2.71 bits per heavy atom. The summed E-state index contributed by atoms with van der Waals surface area (Å²) in [4.78, 5) is 23.5. The number of benzene rings is 1. The number of hydrogen-bond donors (Lipinski definition) is 0. The summed E-state index contributed by atoms with van der Waals surface area (Å²) in [6, 6.07) is 6.12. The van der Waals surface area contributed by atoms with Gasteiger partial charge in [0.05, 0.1) is 7.11 Å². The van der Waals surface area contributed by atoms with Gasteiger partial charge >= 0.3 is 11.9 Å². The summed E-state index contributed by atoms with van der Waals surface area (Å²) in [5, 5.41) is 0. The molecule has 0 fully saturated rings. The van der Waals surface area contributed by atoms with Gasteiger partial charge in [-0.25, -0.2) is 9.18 Å². The Morgan fingerprint density at radius 2 is 2.12 bits per heavy atom. The molecule has 0 aromatic heterocycles. The van der Waals surface area contributed by atoms with Crippen LogP contribution in [0.3, 0.4) is 0 Å². The maximum atomic E-state index is 12.9. The van der Waals surface area contributed by atoms with Gasteiger partial charge in [-0.2, -0.15) is 0 Å². The van der Waals surface area contributed by atoms with Crippen LogP contribution in [0, 0.1) is 5.82 Å². The van der Waals surface area contributed by atoms with Gasteiger partial charge in [-0.3, -0.25) is 4.79 Å². The lowest BCUT2D eigenvalue weighted by atomic mass is 10.1. The number of rotatable bonds is 3. The van der Waals surface area contributed by atoms with Gasteiger partial charge in [-0.15, -0.1) is 0 Å². The summed E-state index contributed by atoms with van der Waals surface area (Å²) in [6.45, 7) is 0.331. The second kappa shape index (κ2) is 5.98. The first-order valence-corrected chi connectivity index (χ1v) is 5.12. The van der Waals surface area contributed by atoms with Crippen LogP contribution in [0.2, 0.25) is 0 Å². The van der Waals surface area contributed by atoms with Crippen LogP contribution in [0.5, 0.6) is 0 Å². The molecule has 0 heterocycles. The second-order valence-electron chi connectivity index (χ2n) is 3.60. The summed E-state index contributed by atoms with van der Waals surface area (Å²) in [7, 11) is 2.65. The first kappa shape index (κ1) is 13.2. The van der Waals surface area contributed by atoms with Crippen molar-refractivity contribution in [2.45, 2.75) is 6.42 Å². The molecule has 0 atom stereocenters. The zero-order valence-electron chi connectivity index (χ0n) is 9.77. The van der Waals surface area contributed by atoms with Crippen molar-refractivity contribution in [1.29, 1.82) is 0 Å². The molecule has 92 valence electrons. The number of esters is 1. The molecule has 5 heteroatoms. The number of amides is 1. The zero-order chi connectivity index (χ0) is 12.8. The van der Waals surface area contributed by atoms with Gasteiger partial charge in [-0.1, -0.05) is 12.1 Å². The lowest BCUT2D eigenvalue weighted by molar-refractivity contribution is -0.157. The zero-order valence-corrected chi connectivity index (χ0v) is 9.77. The molecule has 0 aliphatic heterocycles. The van der Waals surface area contributed by atoms with Crippen LogP contribution in [0.4, 0.5) is 4.39 Å². The van der Waals surface area contributed by atoms with E-state index in [9.17, 15) is 14.0 Å². The van der Waals surface area contributed by atoms with Crippen molar-refractivity contribution in [1.82, 2.24) is 4.90 Å². The third-order valence-corrected chi connectivity index (χ3v) is 2.33. The number of halogens is 1. The van der Waals surface area contributed by atoms with E-state index in [4.69, 9.17) is 0 Å². The number of carbonyl (C=O) groups is 2. The molecule has 1 aromatic carbocycles. The highest BCUT2D eigenvalue weighted by Gasteiger charge is 2.18. The van der Waals surface area contributed by atoms with Crippen molar-refractivity contribution >= 4 is 11.9 Å². The topological polar surface area (TPSA) is 46.6 Å². The summed E-state index contributed by atoms with van der Waals surface area (Å²) in [6.07, 6.45) is 0.483. The van der Waals surface area contributed by atoms with Crippen LogP contribution in [0.15, 0.2) is 24.3 Å². The first-order chi connectivity index (χ1) is 8.04. The van der Waals surface area contributed by atoms with Crippen molar-refractivity contribution in [3.05, 3.63) is 35.6 Å². The molecular formula is C12H14FNO3. The number of carbonyl (C=O) groups excluding carboxylic acids is 2. The van der Waals surface area contributed by atoms with Crippen LogP contribution < -0.4 is 0 Å². The van der Waals surface area contributed by atoms with E-state index in [-0.39, 0.29) is 5.82 Å². The van der Waals surface area contributed by atoms with Gasteiger partial charge < -0.3 is 9.64 Å². The first-order valence-electron chi connectivity index (χ1n) is 5.12. The summed E-state index contributed by atoms with van der Waals surface area (Å²) >= 11 is 0. The summed E-state index contributed by atoms with van der Waals surface area (Å²) < 4.78 is 17.2. The fraction of sp³-hybridized carbons (Fsp3) is 0.333. The third-order valence-electron chi connectivity index (χ3n) is 2.33. The second-order valence-corrected chi connectivity index (χ2v) is 3.60. The van der Waals surface area contributed by atoms with E-state index >= 15 is 0 Å². The molecule has 0 unspecified atom stereocenters. The molecule has 0 aliphatic carbocycles. The van der Waals surface area contributed by atoms with Crippen molar-refractivity contribution < 1.29 is 18.7 Å². The largest absolute Gasteiger partial charge is 0.462 e. The number of hydrogen-bond acceptors (Lipinski definition) is 3. The van der Waals surface area contributed by atoms with Crippen LogP contribution in [0.1, 0.15) is 5.56 Å². The van der Waals surface area contributed by atoms with Gasteiger partial charge in [0, 0.05) is 13.6 Å². The molecule has 1 rings (SSSR count). The summed E-state index contributed by atoms with van der Waals surface area (Å²) in [5.74, 6) is -1.92. The lowest BCUT2D eigenvalue weighted by Crippen LogP contribution is -2.35. The monoisotopic (exact) mass is 239 g/mol. The molecule has 0 saturated heterocycles. The highest BCUT2D eigenvalue weighted by molar-refractivity contribution is 6.32. The number of nitrogens with zero attached hydrogens (tertiary/aromatic N) is 1. The quantitative estimate of drug-likeness (QED) is 0.584. The molecule has 0 saturated carbocycles. The van der Waals surface area contributed by atoms with Gasteiger partial charge in [-0.05, 0) is 24.1 Å². The van der Waals surface area contributed by atoms with Crippen LogP contribution in [-0.4, -0.2) is 37.5 Å². The molecule has 4 nitrogen and oxygen atoms in total. The molecule has 1 amide bonds. The maximum absolute atomic E-state index is 12.9. The summed E-state index contributed by atoms with van der Waals surface area (Å²) in [5.41, 5.74) is 0.773. The lowest BCUT2D eigenvalue weighted by Gasteiger charge is -2.15. The Labute approximate surface area is 99.0 Å². The number of methoxy groups -OCH3 is 1. The Balaban J connectivity index is 2.51. The molecule has 1 aromatic rings. The molecule has 17 heavy (non-hydrogen) atoms. The van der Waals surface area contributed by atoms with Gasteiger partial charge in [0.25, 0.3) is 0 Å². The Hall–Kier alpha value is -1.91. The molecule has 0 bridgehead atoms. The number of likely N-dealkylation sites (N-methyl/N-ethyl adjacent to an activating group) is 1. The third kappa shape index (κ3) is 3.86.